The topological polar surface area (TPSA) is 17.1 Å². The third-order valence-electron chi connectivity index (χ3n) is 2.59. The molecule has 0 aliphatic heterocycles. The summed E-state index contributed by atoms with van der Waals surface area (Å²) < 4.78 is 13.7. The van der Waals surface area contributed by atoms with Crippen LogP contribution in [0.1, 0.15) is 17.3 Å². The lowest BCUT2D eigenvalue weighted by Crippen LogP contribution is -1.94. The largest absolute Gasteiger partial charge is 0.294 e. The van der Waals surface area contributed by atoms with Crippen LogP contribution in [-0.4, -0.2) is 5.78 Å². The van der Waals surface area contributed by atoms with Crippen molar-refractivity contribution in [1.29, 1.82) is 0 Å². The predicted octanol–water partition coefficient (Wildman–Crippen LogP) is 5.00. The number of hydrogen-bond donors (Lipinski definition) is 0. The predicted molar refractivity (Wildman–Crippen MR) is 71.9 cm³/mol. The van der Waals surface area contributed by atoms with Gasteiger partial charge < -0.3 is 0 Å². The molecule has 92 valence electrons. The molecular weight excluding hydrogens is 274 g/mol. The number of carbonyl (C=O) groups excluding carboxylic acids is 1. The van der Waals surface area contributed by atoms with Crippen molar-refractivity contribution in [2.75, 3.05) is 0 Å². The summed E-state index contributed by atoms with van der Waals surface area (Å²) in [5.74, 6) is -0.510. The zero-order valence-corrected chi connectivity index (χ0v) is 11.0. The van der Waals surface area contributed by atoms with E-state index in [1.165, 1.54) is 25.1 Å². The highest BCUT2D eigenvalue weighted by atomic mass is 35.5. The maximum Gasteiger partial charge on any atom is 0.161 e. The normalized spacial score (nSPS) is 10.4. The molecule has 2 aromatic rings. The molecule has 1 nitrogen and oxygen atoms in total. The van der Waals surface area contributed by atoms with Crippen molar-refractivity contribution in [3.63, 3.8) is 0 Å². The summed E-state index contributed by atoms with van der Waals surface area (Å²) >= 11 is 11.8. The second-order valence-electron chi connectivity index (χ2n) is 3.87. The lowest BCUT2D eigenvalue weighted by molar-refractivity contribution is 0.101. The van der Waals surface area contributed by atoms with Crippen LogP contribution in [0.3, 0.4) is 0 Å². The van der Waals surface area contributed by atoms with Crippen molar-refractivity contribution in [1.82, 2.24) is 0 Å². The van der Waals surface area contributed by atoms with E-state index in [-0.39, 0.29) is 11.6 Å². The third-order valence-corrected chi connectivity index (χ3v) is 3.14. The molecule has 2 aromatic carbocycles. The standard InChI is InChI=1S/C14H9Cl2FO/c1-8(18)11-4-2-9(6-13(11)16)12-7-10(15)3-5-14(12)17/h2-7H,1H3. The monoisotopic (exact) mass is 282 g/mol. The fourth-order valence-corrected chi connectivity index (χ4v) is 2.17. The van der Waals surface area contributed by atoms with Crippen LogP contribution in [-0.2, 0) is 0 Å². The molecule has 2 rings (SSSR count). The molecule has 0 radical (unpaired) electrons. The van der Waals surface area contributed by atoms with Crippen molar-refractivity contribution in [2.24, 2.45) is 0 Å². The van der Waals surface area contributed by atoms with Gasteiger partial charge >= 0.3 is 0 Å². The maximum absolute atomic E-state index is 13.7. The highest BCUT2D eigenvalue weighted by molar-refractivity contribution is 6.34. The molecule has 0 amide bonds. The highest BCUT2D eigenvalue weighted by Crippen LogP contribution is 2.29. The molecule has 0 saturated carbocycles. The van der Waals surface area contributed by atoms with Crippen molar-refractivity contribution in [2.45, 2.75) is 6.92 Å². The summed E-state index contributed by atoms with van der Waals surface area (Å²) in [6.45, 7) is 1.43. The van der Waals surface area contributed by atoms with Crippen LogP contribution in [0.4, 0.5) is 4.39 Å². The molecule has 0 fully saturated rings. The first-order valence-electron chi connectivity index (χ1n) is 5.25. The van der Waals surface area contributed by atoms with E-state index >= 15 is 0 Å². The first-order valence-corrected chi connectivity index (χ1v) is 6.00. The van der Waals surface area contributed by atoms with Crippen LogP contribution >= 0.6 is 23.2 Å². The van der Waals surface area contributed by atoms with Crippen molar-refractivity contribution in [3.8, 4) is 11.1 Å². The average molecular weight is 283 g/mol. The Morgan fingerprint density at radius 2 is 1.83 bits per heavy atom. The summed E-state index contributed by atoms with van der Waals surface area (Å²) in [6.07, 6.45) is 0. The van der Waals surface area contributed by atoms with Gasteiger partial charge in [-0.3, -0.25) is 4.79 Å². The molecule has 0 bridgehead atoms. The van der Waals surface area contributed by atoms with E-state index in [0.29, 0.717) is 26.7 Å². The SMILES string of the molecule is CC(=O)c1ccc(-c2cc(Cl)ccc2F)cc1Cl. The van der Waals surface area contributed by atoms with Crippen LogP contribution in [0, 0.1) is 5.82 Å². The number of rotatable bonds is 2. The van der Waals surface area contributed by atoms with E-state index < -0.39 is 0 Å². The Morgan fingerprint density at radius 3 is 2.44 bits per heavy atom. The number of hydrogen-bond acceptors (Lipinski definition) is 1. The van der Waals surface area contributed by atoms with Crippen LogP contribution in [0.5, 0.6) is 0 Å². The molecule has 0 atom stereocenters. The molecule has 0 aliphatic rings. The lowest BCUT2D eigenvalue weighted by Gasteiger charge is -2.07. The van der Waals surface area contributed by atoms with Gasteiger partial charge in [-0.25, -0.2) is 4.39 Å². The summed E-state index contributed by atoms with van der Waals surface area (Å²) in [4.78, 5) is 11.3. The fraction of sp³-hybridized carbons (Fsp3) is 0.0714. The Hall–Kier alpha value is -1.38. The Bertz CT molecular complexity index is 623. The number of halogens is 3. The lowest BCUT2D eigenvalue weighted by atomic mass is 10.0. The minimum absolute atomic E-state index is 0.127. The zero-order valence-electron chi connectivity index (χ0n) is 9.51. The molecule has 0 N–H and O–H groups in total. The van der Waals surface area contributed by atoms with Gasteiger partial charge in [0.2, 0.25) is 0 Å². The van der Waals surface area contributed by atoms with E-state index in [9.17, 15) is 9.18 Å². The first-order chi connectivity index (χ1) is 8.49. The van der Waals surface area contributed by atoms with E-state index in [1.54, 1.807) is 18.2 Å². The molecule has 4 heteroatoms. The average Bonchev–Trinajstić information content (AvgIpc) is 2.31. The van der Waals surface area contributed by atoms with Gasteiger partial charge in [0, 0.05) is 16.1 Å². The van der Waals surface area contributed by atoms with Crippen molar-refractivity contribution < 1.29 is 9.18 Å². The van der Waals surface area contributed by atoms with Crippen LogP contribution in [0.25, 0.3) is 11.1 Å². The highest BCUT2D eigenvalue weighted by Gasteiger charge is 2.10. The molecule has 0 unspecified atom stereocenters. The van der Waals surface area contributed by atoms with Crippen LogP contribution < -0.4 is 0 Å². The summed E-state index contributed by atoms with van der Waals surface area (Å²) in [5.41, 5.74) is 1.37. The zero-order chi connectivity index (χ0) is 13.3. The minimum atomic E-state index is -0.383. The first kappa shape index (κ1) is 13.1. The molecule has 0 saturated heterocycles. The fourth-order valence-electron chi connectivity index (χ4n) is 1.69. The van der Waals surface area contributed by atoms with Crippen LogP contribution in [0.2, 0.25) is 10.0 Å². The molecule has 0 heterocycles. The van der Waals surface area contributed by atoms with Crippen LogP contribution in [0.15, 0.2) is 36.4 Å². The second-order valence-corrected chi connectivity index (χ2v) is 4.72. The third kappa shape index (κ3) is 2.55. The maximum atomic E-state index is 13.7. The quantitative estimate of drug-likeness (QED) is 0.709. The van der Waals surface area contributed by atoms with Gasteiger partial charge in [-0.15, -0.1) is 0 Å². The molecule has 0 aliphatic carbocycles. The number of benzene rings is 2. The van der Waals surface area contributed by atoms with Gasteiger partial charge in [-0.2, -0.15) is 0 Å². The van der Waals surface area contributed by atoms with E-state index in [1.807, 2.05) is 0 Å². The van der Waals surface area contributed by atoms with E-state index in [2.05, 4.69) is 0 Å². The number of ketones is 1. The smallest absolute Gasteiger partial charge is 0.161 e. The molecular formula is C14H9Cl2FO. The second kappa shape index (κ2) is 5.09. The van der Waals surface area contributed by atoms with Crippen molar-refractivity contribution >= 4 is 29.0 Å². The van der Waals surface area contributed by atoms with Gasteiger partial charge in [0.15, 0.2) is 5.78 Å². The molecule has 0 spiro atoms. The Morgan fingerprint density at radius 1 is 1.11 bits per heavy atom. The Balaban J connectivity index is 2.55. The summed E-state index contributed by atoms with van der Waals surface area (Å²) in [5, 5.41) is 0.748. The van der Waals surface area contributed by atoms with Crippen molar-refractivity contribution in [3.05, 3.63) is 57.8 Å². The van der Waals surface area contributed by atoms with Gasteiger partial charge in [-0.1, -0.05) is 29.3 Å². The summed E-state index contributed by atoms with van der Waals surface area (Å²) in [6, 6.07) is 9.09. The Labute approximate surface area is 114 Å². The minimum Gasteiger partial charge on any atom is -0.294 e. The summed E-state index contributed by atoms with van der Waals surface area (Å²) in [7, 11) is 0. The number of carbonyl (C=O) groups is 1. The molecule has 18 heavy (non-hydrogen) atoms. The van der Waals surface area contributed by atoms with Gasteiger partial charge in [0.25, 0.3) is 0 Å². The van der Waals surface area contributed by atoms with E-state index in [0.717, 1.165) is 0 Å². The van der Waals surface area contributed by atoms with E-state index in [4.69, 9.17) is 23.2 Å². The van der Waals surface area contributed by atoms with Gasteiger partial charge in [0.05, 0.1) is 5.02 Å². The number of Topliss-reactive ketones (excluding diaryl/α,β-unsaturated/α-hetero) is 1. The van der Waals surface area contributed by atoms with Gasteiger partial charge in [-0.05, 0) is 42.8 Å². The van der Waals surface area contributed by atoms with Gasteiger partial charge in [0.1, 0.15) is 5.82 Å². The molecule has 0 aromatic heterocycles. The Kier molecular flexibility index (Phi) is 3.69.